The van der Waals surface area contributed by atoms with E-state index in [1.165, 1.54) is 0 Å². The number of aromatic amines is 1. The zero-order chi connectivity index (χ0) is 13.2. The molecule has 0 aliphatic carbocycles. The van der Waals surface area contributed by atoms with Crippen molar-refractivity contribution in [2.45, 2.75) is 13.3 Å². The lowest BCUT2D eigenvalue weighted by molar-refractivity contribution is -0.142. The summed E-state index contributed by atoms with van der Waals surface area (Å²) in [4.78, 5) is 23.2. The largest absolute Gasteiger partial charge is 0.466 e. The molecule has 0 atom stereocenters. The number of ether oxygens (including phenoxy) is 1. The lowest BCUT2D eigenvalue weighted by Crippen LogP contribution is -2.08. The molecular weight excluding hydrogens is 242 g/mol. The van der Waals surface area contributed by atoms with Gasteiger partial charge in [-0.15, -0.1) is 0 Å². The monoisotopic (exact) mass is 255 g/mol. The van der Waals surface area contributed by atoms with Crippen LogP contribution in [0.1, 0.15) is 12.6 Å². The summed E-state index contributed by atoms with van der Waals surface area (Å²) in [6, 6.07) is 7.71. The number of fused-ring (bicyclic) bond motifs is 2. The second kappa shape index (κ2) is 4.68. The van der Waals surface area contributed by atoms with Gasteiger partial charge in [-0.1, -0.05) is 6.07 Å². The standard InChI is InChI=1S/C14H13N3O2/c1-2-19-14(18)6-10-4-3-9-5-12-13(16-8-15-12)7-11(9)17-10/h3-5,7-8H,2,6H2,1H3,(H,15,16). The van der Waals surface area contributed by atoms with Crippen molar-refractivity contribution >= 4 is 27.9 Å². The average Bonchev–Trinajstić information content (AvgIpc) is 2.83. The van der Waals surface area contributed by atoms with E-state index in [4.69, 9.17) is 4.74 Å². The van der Waals surface area contributed by atoms with E-state index in [2.05, 4.69) is 15.0 Å². The Morgan fingerprint density at radius 1 is 1.32 bits per heavy atom. The topological polar surface area (TPSA) is 67.9 Å². The zero-order valence-corrected chi connectivity index (χ0v) is 10.5. The van der Waals surface area contributed by atoms with Gasteiger partial charge in [-0.25, -0.2) is 4.98 Å². The molecule has 3 aromatic rings. The lowest BCUT2D eigenvalue weighted by atomic mass is 10.1. The van der Waals surface area contributed by atoms with Crippen LogP contribution in [-0.4, -0.2) is 27.5 Å². The number of hydrogen-bond donors (Lipinski definition) is 1. The van der Waals surface area contributed by atoms with Crippen LogP contribution >= 0.6 is 0 Å². The van der Waals surface area contributed by atoms with Crippen LogP contribution in [-0.2, 0) is 16.0 Å². The van der Waals surface area contributed by atoms with Gasteiger partial charge in [-0.3, -0.25) is 9.78 Å². The zero-order valence-electron chi connectivity index (χ0n) is 10.5. The number of carbonyl (C=O) groups excluding carboxylic acids is 1. The van der Waals surface area contributed by atoms with Gasteiger partial charge in [-0.05, 0) is 25.1 Å². The smallest absolute Gasteiger partial charge is 0.311 e. The summed E-state index contributed by atoms with van der Waals surface area (Å²) < 4.78 is 4.92. The third-order valence-electron chi connectivity index (χ3n) is 2.92. The van der Waals surface area contributed by atoms with E-state index in [1.807, 2.05) is 24.3 Å². The lowest BCUT2D eigenvalue weighted by Gasteiger charge is -2.03. The second-order valence-electron chi connectivity index (χ2n) is 4.25. The van der Waals surface area contributed by atoms with Crippen molar-refractivity contribution in [3.63, 3.8) is 0 Å². The number of nitrogens with zero attached hydrogens (tertiary/aromatic N) is 2. The number of rotatable bonds is 3. The van der Waals surface area contributed by atoms with Crippen molar-refractivity contribution in [2.24, 2.45) is 0 Å². The third-order valence-corrected chi connectivity index (χ3v) is 2.92. The average molecular weight is 255 g/mol. The van der Waals surface area contributed by atoms with Crippen molar-refractivity contribution in [1.29, 1.82) is 0 Å². The molecule has 0 saturated heterocycles. The maximum absolute atomic E-state index is 11.4. The van der Waals surface area contributed by atoms with Crippen molar-refractivity contribution < 1.29 is 9.53 Å². The highest BCUT2D eigenvalue weighted by molar-refractivity contribution is 5.93. The summed E-state index contributed by atoms with van der Waals surface area (Å²) in [7, 11) is 0. The molecule has 0 unspecified atom stereocenters. The van der Waals surface area contributed by atoms with Crippen LogP contribution in [0, 0.1) is 0 Å². The van der Waals surface area contributed by atoms with Gasteiger partial charge in [-0.2, -0.15) is 0 Å². The first-order valence-electron chi connectivity index (χ1n) is 6.14. The molecule has 2 heterocycles. The number of benzene rings is 1. The Balaban J connectivity index is 1.99. The van der Waals surface area contributed by atoms with Crippen LogP contribution < -0.4 is 0 Å². The molecule has 0 bridgehead atoms. The van der Waals surface area contributed by atoms with Crippen LogP contribution in [0.15, 0.2) is 30.6 Å². The molecule has 0 amide bonds. The highest BCUT2D eigenvalue weighted by atomic mass is 16.5. The molecule has 1 N–H and O–H groups in total. The molecule has 96 valence electrons. The number of pyridine rings is 1. The van der Waals surface area contributed by atoms with Crippen LogP contribution in [0.3, 0.4) is 0 Å². The van der Waals surface area contributed by atoms with E-state index >= 15 is 0 Å². The number of H-pyrrole nitrogens is 1. The van der Waals surface area contributed by atoms with Crippen molar-refractivity contribution in [2.75, 3.05) is 6.61 Å². The van der Waals surface area contributed by atoms with Gasteiger partial charge < -0.3 is 9.72 Å². The van der Waals surface area contributed by atoms with Crippen molar-refractivity contribution in [1.82, 2.24) is 15.0 Å². The summed E-state index contributed by atoms with van der Waals surface area (Å²) in [5.41, 5.74) is 3.41. The van der Waals surface area contributed by atoms with Crippen LogP contribution in [0.2, 0.25) is 0 Å². The molecule has 3 rings (SSSR count). The Kier molecular flexibility index (Phi) is 2.87. The molecule has 5 nitrogen and oxygen atoms in total. The van der Waals surface area contributed by atoms with E-state index in [-0.39, 0.29) is 12.4 Å². The van der Waals surface area contributed by atoms with Crippen LogP contribution in [0.5, 0.6) is 0 Å². The third kappa shape index (κ3) is 2.27. The summed E-state index contributed by atoms with van der Waals surface area (Å²) in [5.74, 6) is -0.253. The highest BCUT2D eigenvalue weighted by Crippen LogP contribution is 2.19. The fourth-order valence-corrected chi connectivity index (χ4v) is 2.05. The minimum atomic E-state index is -0.253. The van der Waals surface area contributed by atoms with Gasteiger partial charge >= 0.3 is 5.97 Å². The van der Waals surface area contributed by atoms with Gasteiger partial charge in [0, 0.05) is 5.39 Å². The first-order valence-corrected chi connectivity index (χ1v) is 6.14. The first-order chi connectivity index (χ1) is 9.26. The summed E-state index contributed by atoms with van der Waals surface area (Å²) in [6.45, 7) is 2.18. The Labute approximate surface area is 109 Å². The molecule has 1 aromatic carbocycles. The predicted octanol–water partition coefficient (Wildman–Crippen LogP) is 2.22. The number of nitrogens with one attached hydrogen (secondary N) is 1. The van der Waals surface area contributed by atoms with Gasteiger partial charge in [0.25, 0.3) is 0 Å². The molecule has 5 heteroatoms. The summed E-state index contributed by atoms with van der Waals surface area (Å²) in [5, 5.41) is 1.01. The minimum Gasteiger partial charge on any atom is -0.466 e. The predicted molar refractivity (Wildman–Crippen MR) is 71.7 cm³/mol. The van der Waals surface area contributed by atoms with Gasteiger partial charge in [0.1, 0.15) is 0 Å². The van der Waals surface area contributed by atoms with Gasteiger partial charge in [0.2, 0.25) is 0 Å². The summed E-state index contributed by atoms with van der Waals surface area (Å²) in [6.07, 6.45) is 1.86. The summed E-state index contributed by atoms with van der Waals surface area (Å²) >= 11 is 0. The van der Waals surface area contributed by atoms with E-state index in [9.17, 15) is 4.79 Å². The Bertz CT molecular complexity index is 749. The fraction of sp³-hybridized carbons (Fsp3) is 0.214. The molecule has 0 saturated carbocycles. The fourth-order valence-electron chi connectivity index (χ4n) is 2.05. The molecule has 2 aromatic heterocycles. The molecule has 0 spiro atoms. The van der Waals surface area contributed by atoms with E-state index in [0.29, 0.717) is 12.3 Å². The molecule has 0 fully saturated rings. The first kappa shape index (κ1) is 11.6. The molecule has 19 heavy (non-hydrogen) atoms. The van der Waals surface area contributed by atoms with Crippen LogP contribution in [0.4, 0.5) is 0 Å². The van der Waals surface area contributed by atoms with E-state index in [1.54, 1.807) is 13.3 Å². The van der Waals surface area contributed by atoms with Crippen LogP contribution in [0.25, 0.3) is 21.9 Å². The normalized spacial score (nSPS) is 11.0. The number of imidazole rings is 1. The number of hydrogen-bond acceptors (Lipinski definition) is 4. The number of carbonyl (C=O) groups is 1. The molecule has 0 aliphatic rings. The Morgan fingerprint density at radius 2 is 2.21 bits per heavy atom. The SMILES string of the molecule is CCOC(=O)Cc1ccc2cc3nc[nH]c3cc2n1. The van der Waals surface area contributed by atoms with Crippen molar-refractivity contribution in [3.05, 3.63) is 36.3 Å². The Hall–Kier alpha value is -2.43. The molecule has 0 aliphatic heterocycles. The second-order valence-corrected chi connectivity index (χ2v) is 4.25. The highest BCUT2D eigenvalue weighted by Gasteiger charge is 2.07. The quantitative estimate of drug-likeness (QED) is 0.729. The van der Waals surface area contributed by atoms with E-state index in [0.717, 1.165) is 21.9 Å². The van der Waals surface area contributed by atoms with Gasteiger partial charge in [0.05, 0.1) is 41.6 Å². The van der Waals surface area contributed by atoms with E-state index < -0.39 is 0 Å². The Morgan fingerprint density at radius 3 is 3.05 bits per heavy atom. The van der Waals surface area contributed by atoms with Crippen molar-refractivity contribution in [3.8, 4) is 0 Å². The van der Waals surface area contributed by atoms with Gasteiger partial charge in [0.15, 0.2) is 0 Å². The molecular formula is C14H13N3O2. The number of aromatic nitrogens is 3. The maximum atomic E-state index is 11.4. The molecule has 0 radical (unpaired) electrons. The maximum Gasteiger partial charge on any atom is 0.311 e. The number of esters is 1. The minimum absolute atomic E-state index is 0.199.